The fourth-order valence-corrected chi connectivity index (χ4v) is 2.42. The van der Waals surface area contributed by atoms with Crippen LogP contribution < -0.4 is 16.0 Å². The molecule has 0 spiro atoms. The Kier molecular flexibility index (Phi) is 7.76. The van der Waals surface area contributed by atoms with Gasteiger partial charge in [0.15, 0.2) is 5.96 Å². The standard InChI is InChI=1S/C20H27N5O2/c1-3-22-19(25-15-20(2,27)17-9-5-4-6-10-17)24-13-12-23-18(26)16-8-7-11-21-14-16/h4-11,14,27H,3,12-13,15H2,1-2H3,(H,23,26)(H2,22,24,25). The number of aromatic nitrogens is 1. The molecule has 1 heterocycles. The van der Waals surface area contributed by atoms with Crippen LogP contribution in [0.1, 0.15) is 29.8 Å². The summed E-state index contributed by atoms with van der Waals surface area (Å²) in [7, 11) is 0. The highest BCUT2D eigenvalue weighted by Crippen LogP contribution is 2.20. The van der Waals surface area contributed by atoms with Gasteiger partial charge in [0.25, 0.3) is 5.91 Å². The van der Waals surface area contributed by atoms with E-state index in [9.17, 15) is 9.90 Å². The first-order chi connectivity index (χ1) is 13.0. The Morgan fingerprint density at radius 2 is 1.85 bits per heavy atom. The van der Waals surface area contributed by atoms with E-state index in [0.717, 1.165) is 5.56 Å². The largest absolute Gasteiger partial charge is 0.384 e. The van der Waals surface area contributed by atoms with Gasteiger partial charge < -0.3 is 21.1 Å². The molecule has 0 bridgehead atoms. The minimum Gasteiger partial charge on any atom is -0.384 e. The van der Waals surface area contributed by atoms with Gasteiger partial charge in [-0.25, -0.2) is 4.99 Å². The number of amides is 1. The number of carbonyl (C=O) groups excluding carboxylic acids is 1. The minimum atomic E-state index is -1.06. The Balaban J connectivity index is 1.84. The van der Waals surface area contributed by atoms with Crippen molar-refractivity contribution in [2.24, 2.45) is 4.99 Å². The third-order valence-corrected chi connectivity index (χ3v) is 3.91. The first-order valence-corrected chi connectivity index (χ1v) is 9.01. The summed E-state index contributed by atoms with van der Waals surface area (Å²) in [5.41, 5.74) is 0.281. The third-order valence-electron chi connectivity index (χ3n) is 3.91. The summed E-state index contributed by atoms with van der Waals surface area (Å²) in [6.45, 7) is 5.56. The SMILES string of the molecule is CCNC(=NCC(C)(O)c1ccccc1)NCCNC(=O)c1cccnc1. The van der Waals surface area contributed by atoms with Gasteiger partial charge >= 0.3 is 0 Å². The van der Waals surface area contributed by atoms with Crippen molar-refractivity contribution in [3.8, 4) is 0 Å². The first kappa shape index (κ1) is 20.4. The van der Waals surface area contributed by atoms with Gasteiger partial charge in [-0.05, 0) is 31.5 Å². The number of guanidine groups is 1. The molecule has 1 aromatic carbocycles. The molecule has 0 aliphatic carbocycles. The molecule has 144 valence electrons. The molecule has 2 rings (SSSR count). The summed E-state index contributed by atoms with van der Waals surface area (Å²) < 4.78 is 0. The second-order valence-electron chi connectivity index (χ2n) is 6.26. The Labute approximate surface area is 159 Å². The maximum Gasteiger partial charge on any atom is 0.252 e. The molecule has 7 nitrogen and oxygen atoms in total. The maximum absolute atomic E-state index is 12.0. The Hall–Kier alpha value is -2.93. The lowest BCUT2D eigenvalue weighted by molar-refractivity contribution is 0.0672. The van der Waals surface area contributed by atoms with E-state index >= 15 is 0 Å². The van der Waals surface area contributed by atoms with Crippen LogP contribution in [-0.4, -0.2) is 48.1 Å². The van der Waals surface area contributed by atoms with E-state index in [0.29, 0.717) is 31.2 Å². The molecule has 7 heteroatoms. The zero-order valence-electron chi connectivity index (χ0n) is 15.8. The topological polar surface area (TPSA) is 98.6 Å². The van der Waals surface area contributed by atoms with Crippen LogP contribution in [0.25, 0.3) is 0 Å². The number of rotatable bonds is 8. The van der Waals surface area contributed by atoms with Crippen LogP contribution in [0.2, 0.25) is 0 Å². The predicted octanol–water partition coefficient (Wildman–Crippen LogP) is 1.27. The summed E-state index contributed by atoms with van der Waals surface area (Å²) >= 11 is 0. The lowest BCUT2D eigenvalue weighted by atomic mass is 9.96. The average molecular weight is 369 g/mol. The number of hydrogen-bond acceptors (Lipinski definition) is 4. The lowest BCUT2D eigenvalue weighted by Gasteiger charge is -2.22. The second-order valence-corrected chi connectivity index (χ2v) is 6.26. The molecule has 2 aromatic rings. The number of aliphatic hydroxyl groups is 1. The van der Waals surface area contributed by atoms with E-state index in [1.807, 2.05) is 37.3 Å². The summed E-state index contributed by atoms with van der Waals surface area (Å²) in [6, 6.07) is 12.9. The number of nitrogens with zero attached hydrogens (tertiary/aromatic N) is 2. The van der Waals surface area contributed by atoms with Crippen LogP contribution in [0.3, 0.4) is 0 Å². The van der Waals surface area contributed by atoms with Crippen LogP contribution in [0, 0.1) is 0 Å². The smallest absolute Gasteiger partial charge is 0.252 e. The van der Waals surface area contributed by atoms with Crippen LogP contribution in [0.15, 0.2) is 59.9 Å². The Bertz CT molecular complexity index is 733. The minimum absolute atomic E-state index is 0.168. The van der Waals surface area contributed by atoms with E-state index in [4.69, 9.17) is 0 Å². The van der Waals surface area contributed by atoms with E-state index in [1.165, 1.54) is 6.20 Å². The van der Waals surface area contributed by atoms with Gasteiger partial charge in [-0.1, -0.05) is 30.3 Å². The summed E-state index contributed by atoms with van der Waals surface area (Å²) in [5, 5.41) is 19.7. The molecule has 1 aromatic heterocycles. The number of hydrogen-bond donors (Lipinski definition) is 4. The van der Waals surface area contributed by atoms with Crippen LogP contribution in [-0.2, 0) is 5.60 Å². The van der Waals surface area contributed by atoms with Crippen molar-refractivity contribution in [3.05, 3.63) is 66.0 Å². The Morgan fingerprint density at radius 1 is 1.11 bits per heavy atom. The molecule has 0 saturated heterocycles. The van der Waals surface area contributed by atoms with Gasteiger partial charge in [0.05, 0.1) is 12.1 Å². The van der Waals surface area contributed by atoms with Gasteiger partial charge in [0, 0.05) is 32.0 Å². The highest BCUT2D eigenvalue weighted by molar-refractivity contribution is 5.93. The monoisotopic (exact) mass is 369 g/mol. The van der Waals surface area contributed by atoms with Gasteiger partial charge in [-0.15, -0.1) is 0 Å². The molecule has 0 aliphatic heterocycles. The van der Waals surface area contributed by atoms with Crippen molar-refractivity contribution in [3.63, 3.8) is 0 Å². The molecule has 0 fully saturated rings. The first-order valence-electron chi connectivity index (χ1n) is 9.01. The highest BCUT2D eigenvalue weighted by atomic mass is 16.3. The van der Waals surface area contributed by atoms with Gasteiger partial charge in [0.1, 0.15) is 5.60 Å². The lowest BCUT2D eigenvalue weighted by Crippen LogP contribution is -2.42. The molecule has 1 unspecified atom stereocenters. The van der Waals surface area contributed by atoms with E-state index in [2.05, 4.69) is 25.9 Å². The van der Waals surface area contributed by atoms with Crippen LogP contribution in [0.4, 0.5) is 0 Å². The quantitative estimate of drug-likeness (QED) is 0.319. The molecule has 1 atom stereocenters. The van der Waals surface area contributed by atoms with Gasteiger partial charge in [0.2, 0.25) is 0 Å². The number of benzene rings is 1. The summed E-state index contributed by atoms with van der Waals surface area (Å²) in [5.74, 6) is 0.420. The van der Waals surface area contributed by atoms with Crippen molar-refractivity contribution in [1.82, 2.24) is 20.9 Å². The zero-order chi connectivity index (χ0) is 19.5. The highest BCUT2D eigenvalue weighted by Gasteiger charge is 2.22. The van der Waals surface area contributed by atoms with Crippen molar-refractivity contribution >= 4 is 11.9 Å². The van der Waals surface area contributed by atoms with Crippen molar-refractivity contribution in [2.45, 2.75) is 19.4 Å². The summed E-state index contributed by atoms with van der Waals surface area (Å²) in [4.78, 5) is 20.4. The van der Waals surface area contributed by atoms with Crippen LogP contribution in [0.5, 0.6) is 0 Å². The fraction of sp³-hybridized carbons (Fsp3) is 0.350. The number of carbonyl (C=O) groups is 1. The molecule has 1 amide bonds. The average Bonchev–Trinajstić information content (AvgIpc) is 2.70. The van der Waals surface area contributed by atoms with E-state index in [1.54, 1.807) is 25.3 Å². The van der Waals surface area contributed by atoms with Crippen LogP contribution >= 0.6 is 0 Å². The molecule has 27 heavy (non-hydrogen) atoms. The number of aliphatic imine (C=N–C) groups is 1. The van der Waals surface area contributed by atoms with Gasteiger partial charge in [-0.3, -0.25) is 9.78 Å². The molecular formula is C20H27N5O2. The molecular weight excluding hydrogens is 342 g/mol. The van der Waals surface area contributed by atoms with Crippen molar-refractivity contribution in [1.29, 1.82) is 0 Å². The van der Waals surface area contributed by atoms with Crippen molar-refractivity contribution < 1.29 is 9.90 Å². The number of pyridine rings is 1. The predicted molar refractivity (Wildman–Crippen MR) is 107 cm³/mol. The molecule has 4 N–H and O–H groups in total. The maximum atomic E-state index is 12.0. The third kappa shape index (κ3) is 6.71. The molecule has 0 radical (unpaired) electrons. The molecule has 0 saturated carbocycles. The Morgan fingerprint density at radius 3 is 2.52 bits per heavy atom. The van der Waals surface area contributed by atoms with E-state index in [-0.39, 0.29) is 12.5 Å². The van der Waals surface area contributed by atoms with Crippen molar-refractivity contribution in [2.75, 3.05) is 26.2 Å². The molecule has 0 aliphatic rings. The fourth-order valence-electron chi connectivity index (χ4n) is 2.42. The van der Waals surface area contributed by atoms with Gasteiger partial charge in [-0.2, -0.15) is 0 Å². The second kappa shape index (κ2) is 10.3. The number of nitrogens with one attached hydrogen (secondary N) is 3. The summed E-state index contributed by atoms with van der Waals surface area (Å²) in [6.07, 6.45) is 3.15. The van der Waals surface area contributed by atoms with E-state index < -0.39 is 5.60 Å². The zero-order valence-corrected chi connectivity index (χ0v) is 15.8. The normalized spacial score (nSPS) is 13.5.